The summed E-state index contributed by atoms with van der Waals surface area (Å²) in [6.45, 7) is 0. The van der Waals surface area contributed by atoms with Crippen LogP contribution >= 0.6 is 0 Å². The van der Waals surface area contributed by atoms with Gasteiger partial charge in [-0.3, -0.25) is 9.97 Å². The van der Waals surface area contributed by atoms with Crippen molar-refractivity contribution in [3.8, 4) is 22.4 Å². The predicted octanol–water partition coefficient (Wildman–Crippen LogP) is 10.2. The smallest absolute Gasteiger partial charge is 0.0703 e. The van der Waals surface area contributed by atoms with E-state index in [9.17, 15) is 0 Å². The zero-order valence-corrected chi connectivity index (χ0v) is 21.6. The fourth-order valence-corrected chi connectivity index (χ4v) is 6.71. The van der Waals surface area contributed by atoms with Gasteiger partial charge in [-0.05, 0) is 101 Å². The van der Waals surface area contributed by atoms with Crippen molar-refractivity contribution in [3.63, 3.8) is 0 Å². The van der Waals surface area contributed by atoms with Crippen LogP contribution in [-0.2, 0) is 0 Å². The van der Waals surface area contributed by atoms with Crippen molar-refractivity contribution in [3.05, 3.63) is 134 Å². The van der Waals surface area contributed by atoms with Crippen LogP contribution < -0.4 is 0 Å². The highest BCUT2D eigenvalue weighted by molar-refractivity contribution is 6.37. The number of hydrogen-bond donors (Lipinski definition) is 0. The standard InChI is InChI=1S/C38H22N2/c1-4-24-10-11-25-6-3-9-32-33-21-29(28-14-15-34(40-22-28)23-16-18-39-19-17-23)20-27-13-12-26-5-2-8-31(36(26)38(27)33)30(7-1)35(24)37(25)32/h1-22H. The third-order valence-corrected chi connectivity index (χ3v) is 8.50. The highest BCUT2D eigenvalue weighted by Crippen LogP contribution is 2.44. The van der Waals surface area contributed by atoms with E-state index in [1.54, 1.807) is 0 Å². The van der Waals surface area contributed by atoms with E-state index in [-0.39, 0.29) is 0 Å². The highest BCUT2D eigenvalue weighted by atomic mass is 14.7. The van der Waals surface area contributed by atoms with Crippen LogP contribution in [0.5, 0.6) is 0 Å². The Morgan fingerprint density at radius 2 is 0.925 bits per heavy atom. The molecule has 9 aromatic rings. The Morgan fingerprint density at radius 3 is 1.50 bits per heavy atom. The van der Waals surface area contributed by atoms with E-state index < -0.39 is 0 Å². The number of hydrogen-bond acceptors (Lipinski definition) is 2. The summed E-state index contributed by atoms with van der Waals surface area (Å²) in [5.74, 6) is 0. The molecule has 184 valence electrons. The molecule has 0 spiro atoms. The van der Waals surface area contributed by atoms with Crippen LogP contribution in [0.2, 0.25) is 0 Å². The van der Waals surface area contributed by atoms with Crippen LogP contribution in [0.15, 0.2) is 134 Å². The first kappa shape index (κ1) is 21.6. The molecule has 0 saturated carbocycles. The van der Waals surface area contributed by atoms with Gasteiger partial charge in [0, 0.05) is 29.7 Å². The fourth-order valence-electron chi connectivity index (χ4n) is 6.71. The van der Waals surface area contributed by atoms with Crippen LogP contribution in [0.4, 0.5) is 0 Å². The maximum atomic E-state index is 4.83. The Hall–Kier alpha value is -5.34. The molecule has 7 aromatic carbocycles. The molecule has 2 aromatic heterocycles. The normalized spacial score (nSPS) is 12.0. The van der Waals surface area contributed by atoms with E-state index >= 15 is 0 Å². The van der Waals surface area contributed by atoms with Crippen molar-refractivity contribution in [2.45, 2.75) is 0 Å². The summed E-state index contributed by atoms with van der Waals surface area (Å²) in [7, 11) is 0. The Balaban J connectivity index is 1.46. The molecule has 0 atom stereocenters. The first-order valence-corrected chi connectivity index (χ1v) is 13.6. The van der Waals surface area contributed by atoms with E-state index in [0.717, 1.165) is 16.8 Å². The second-order valence-corrected chi connectivity index (χ2v) is 10.6. The highest BCUT2D eigenvalue weighted by Gasteiger charge is 2.16. The molecule has 0 unspecified atom stereocenters. The number of aromatic nitrogens is 2. The van der Waals surface area contributed by atoms with Gasteiger partial charge in [0.15, 0.2) is 0 Å². The molecular formula is C38H22N2. The van der Waals surface area contributed by atoms with Gasteiger partial charge in [0.1, 0.15) is 0 Å². The zero-order valence-electron chi connectivity index (χ0n) is 21.6. The van der Waals surface area contributed by atoms with Gasteiger partial charge in [0.25, 0.3) is 0 Å². The summed E-state index contributed by atoms with van der Waals surface area (Å²) < 4.78 is 0. The SMILES string of the molecule is c1cc2ccc3cccc4c5cc(-c6ccc(-c7ccncc7)nc6)cc6ccc7cccc(c(c1)c2c34)c7c65. The van der Waals surface area contributed by atoms with Crippen LogP contribution in [0.3, 0.4) is 0 Å². The summed E-state index contributed by atoms with van der Waals surface area (Å²) in [4.78, 5) is 8.97. The predicted molar refractivity (Wildman–Crippen MR) is 169 cm³/mol. The van der Waals surface area contributed by atoms with E-state index in [4.69, 9.17) is 4.98 Å². The van der Waals surface area contributed by atoms with Gasteiger partial charge in [-0.1, -0.05) is 84.9 Å². The summed E-state index contributed by atoms with van der Waals surface area (Å²) in [5.41, 5.74) is 4.30. The quantitative estimate of drug-likeness (QED) is 0.218. The third-order valence-electron chi connectivity index (χ3n) is 8.50. The second-order valence-electron chi connectivity index (χ2n) is 10.6. The minimum absolute atomic E-state index is 0.949. The third kappa shape index (κ3) is 2.99. The van der Waals surface area contributed by atoms with Crippen molar-refractivity contribution < 1.29 is 0 Å². The first-order chi connectivity index (χ1) is 19.8. The molecule has 0 aliphatic heterocycles. The lowest BCUT2D eigenvalue weighted by molar-refractivity contribution is 1.29. The molecular weight excluding hydrogens is 484 g/mol. The number of fused-ring (bicyclic) bond motifs is 2. The Bertz CT molecular complexity index is 2400. The number of rotatable bonds is 2. The van der Waals surface area contributed by atoms with E-state index in [2.05, 4.69) is 108 Å². The zero-order chi connectivity index (χ0) is 26.2. The van der Waals surface area contributed by atoms with Gasteiger partial charge in [0.2, 0.25) is 0 Å². The molecule has 0 fully saturated rings. The molecule has 0 saturated heterocycles. The average Bonchev–Trinajstić information content (AvgIpc) is 3.03. The molecule has 40 heavy (non-hydrogen) atoms. The minimum Gasteiger partial charge on any atom is -0.265 e. The molecule has 9 rings (SSSR count). The van der Waals surface area contributed by atoms with E-state index in [0.29, 0.717) is 0 Å². The Labute approximate surface area is 230 Å². The van der Waals surface area contributed by atoms with Crippen molar-refractivity contribution in [2.75, 3.05) is 0 Å². The monoisotopic (exact) mass is 506 g/mol. The molecule has 0 aliphatic carbocycles. The van der Waals surface area contributed by atoms with Gasteiger partial charge in [-0.2, -0.15) is 0 Å². The summed E-state index contributed by atoms with van der Waals surface area (Å²) in [5, 5.41) is 15.5. The lowest BCUT2D eigenvalue weighted by Crippen LogP contribution is -1.90. The maximum Gasteiger partial charge on any atom is 0.0703 e. The van der Waals surface area contributed by atoms with E-state index in [1.807, 2.05) is 30.7 Å². The Kier molecular flexibility index (Phi) is 4.36. The Morgan fingerprint density at radius 1 is 0.375 bits per heavy atom. The number of pyridine rings is 2. The molecule has 0 aliphatic rings. The minimum atomic E-state index is 0.949. The van der Waals surface area contributed by atoms with Gasteiger partial charge >= 0.3 is 0 Å². The topological polar surface area (TPSA) is 25.8 Å². The summed E-state index contributed by atoms with van der Waals surface area (Å²) in [6.07, 6.45) is 5.61. The summed E-state index contributed by atoms with van der Waals surface area (Å²) >= 11 is 0. The molecule has 0 amide bonds. The van der Waals surface area contributed by atoms with Crippen molar-refractivity contribution in [2.24, 2.45) is 0 Å². The second kappa shape index (κ2) is 8.08. The lowest BCUT2D eigenvalue weighted by atomic mass is 9.86. The van der Waals surface area contributed by atoms with Gasteiger partial charge in [0.05, 0.1) is 5.69 Å². The van der Waals surface area contributed by atoms with Gasteiger partial charge in [-0.15, -0.1) is 0 Å². The van der Waals surface area contributed by atoms with Crippen LogP contribution in [0.1, 0.15) is 0 Å². The first-order valence-electron chi connectivity index (χ1n) is 13.6. The van der Waals surface area contributed by atoms with Crippen LogP contribution in [0, 0.1) is 0 Å². The van der Waals surface area contributed by atoms with Crippen LogP contribution in [0.25, 0.3) is 87.0 Å². The van der Waals surface area contributed by atoms with Gasteiger partial charge in [-0.25, -0.2) is 0 Å². The largest absolute Gasteiger partial charge is 0.265 e. The number of benzene rings is 6. The average molecular weight is 507 g/mol. The van der Waals surface area contributed by atoms with Crippen molar-refractivity contribution in [1.29, 1.82) is 0 Å². The lowest BCUT2D eigenvalue weighted by Gasteiger charge is -2.17. The van der Waals surface area contributed by atoms with Crippen LogP contribution in [-0.4, -0.2) is 9.97 Å². The molecule has 0 bridgehead atoms. The molecule has 2 heterocycles. The van der Waals surface area contributed by atoms with Crippen molar-refractivity contribution >= 4 is 64.6 Å². The molecule has 2 nitrogen and oxygen atoms in total. The number of nitrogens with zero attached hydrogens (tertiary/aromatic N) is 2. The van der Waals surface area contributed by atoms with E-state index in [1.165, 1.54) is 70.2 Å². The molecule has 0 radical (unpaired) electrons. The fraction of sp³-hybridized carbons (Fsp3) is 0. The molecule has 0 N–H and O–H groups in total. The summed E-state index contributed by atoms with van der Waals surface area (Å²) in [6, 6.07) is 42.3. The van der Waals surface area contributed by atoms with Gasteiger partial charge < -0.3 is 0 Å². The molecule has 2 heteroatoms. The maximum absolute atomic E-state index is 4.83. The van der Waals surface area contributed by atoms with Crippen molar-refractivity contribution in [1.82, 2.24) is 9.97 Å².